The van der Waals surface area contributed by atoms with Crippen molar-refractivity contribution < 1.29 is 50.3 Å². The number of hydrogen-bond donors (Lipinski definition) is 8. The maximum atomic E-state index is 10.5. The normalized spacial score (nSPS) is 18.7. The van der Waals surface area contributed by atoms with Gasteiger partial charge in [-0.15, -0.1) is 0 Å². The maximum absolute atomic E-state index is 10.5. The molecule has 0 spiro atoms. The lowest BCUT2D eigenvalue weighted by molar-refractivity contribution is 0.133. The van der Waals surface area contributed by atoms with E-state index in [9.17, 15) is 40.9 Å². The number of phenolic OH excluding ortho intramolecular Hbond substituents is 8. The summed E-state index contributed by atoms with van der Waals surface area (Å²) in [5.41, 5.74) is 8.92. The van der Waals surface area contributed by atoms with E-state index in [1.807, 2.05) is 58.0 Å². The van der Waals surface area contributed by atoms with Gasteiger partial charge in [0.25, 0.3) is 0 Å². The number of aromatic hydroxyl groups is 8. The molecule has 139 heavy (non-hydrogen) atoms. The minimum absolute atomic E-state index is 0.0568. The van der Waals surface area contributed by atoms with Crippen LogP contribution in [0.3, 0.4) is 0 Å². The monoisotopic (exact) mass is 2030 g/mol. The Bertz CT molecular complexity index is 5900. The summed E-state index contributed by atoms with van der Waals surface area (Å²) >= 11 is 0. The minimum Gasteiger partial charge on any atom is -0.508 e. The van der Waals surface area contributed by atoms with E-state index in [-0.39, 0.29) is 50.4 Å². The Morgan fingerprint density at radius 2 is 0.748 bits per heavy atom. The van der Waals surface area contributed by atoms with Crippen molar-refractivity contribution in [2.24, 2.45) is 23.7 Å². The summed E-state index contributed by atoms with van der Waals surface area (Å²) in [5, 5.41) is 86.7. The second-order valence-electron chi connectivity index (χ2n) is 40.6. The second kappa shape index (κ2) is 52.3. The highest BCUT2D eigenvalue weighted by Crippen LogP contribution is 2.58. The predicted octanol–water partition coefficient (Wildman–Crippen LogP) is 29.4. The molecule has 8 N–H and O–H groups in total. The van der Waals surface area contributed by atoms with Gasteiger partial charge in [-0.05, 0) is 357 Å². The van der Waals surface area contributed by atoms with E-state index in [1.165, 1.54) is 259 Å². The van der Waals surface area contributed by atoms with Crippen LogP contribution in [0.25, 0.3) is 43.1 Å². The van der Waals surface area contributed by atoms with Crippen LogP contribution in [-0.4, -0.2) is 147 Å². The van der Waals surface area contributed by atoms with E-state index in [0.29, 0.717) is 93.8 Å². The number of hydrogen-bond acceptors (Lipinski definition) is 10. The molecule has 10 nitrogen and oxygen atoms in total. The Balaban J connectivity index is 0.000000135. The summed E-state index contributed by atoms with van der Waals surface area (Å²) in [6, 6.07) is 61.3. The van der Waals surface area contributed by atoms with Gasteiger partial charge in [-0.1, -0.05) is 88.6 Å². The molecular formula is C121H162O10S8+8. The summed E-state index contributed by atoms with van der Waals surface area (Å²) in [7, 11) is 2.89. The Morgan fingerprint density at radius 3 is 1.22 bits per heavy atom. The molecule has 0 aromatic heterocycles. The number of aryl methyl sites for hydroxylation is 8. The largest absolute Gasteiger partial charge is 0.508 e. The highest BCUT2D eigenvalue weighted by molar-refractivity contribution is 7.99. The van der Waals surface area contributed by atoms with Crippen LogP contribution in [0.1, 0.15) is 221 Å². The molecule has 8 fully saturated rings. The summed E-state index contributed by atoms with van der Waals surface area (Å²) in [6.07, 6.45) is 38.8. The van der Waals surface area contributed by atoms with Gasteiger partial charge >= 0.3 is 0 Å². The predicted molar refractivity (Wildman–Crippen MR) is 612 cm³/mol. The van der Waals surface area contributed by atoms with Gasteiger partial charge in [0, 0.05) is 160 Å². The molecule has 12 aromatic carbocycles. The lowest BCUT2D eigenvalue weighted by atomic mass is 9.82. The molecule has 12 aromatic rings. The number of phenols is 8. The Hall–Kier alpha value is -7.52. The molecule has 2 aliphatic carbocycles. The Labute approximate surface area is 857 Å². The number of rotatable bonds is 19. The van der Waals surface area contributed by atoms with Crippen LogP contribution >= 0.6 is 0 Å². The zero-order valence-electron chi connectivity index (χ0n) is 86.2. The molecule has 20 rings (SSSR count). The molecule has 8 aliphatic rings. The average Bonchev–Trinajstić information content (AvgIpc) is 1.59. The first kappa shape index (κ1) is 109. The molecule has 6 aliphatic heterocycles. The van der Waals surface area contributed by atoms with Crippen LogP contribution in [0.5, 0.6) is 57.5 Å². The first-order chi connectivity index (χ1) is 66.9. The molecule has 2 saturated carbocycles. The molecule has 6 saturated heterocycles. The van der Waals surface area contributed by atoms with Crippen molar-refractivity contribution in [3.63, 3.8) is 0 Å². The van der Waals surface area contributed by atoms with Gasteiger partial charge in [-0.3, -0.25) is 0 Å². The van der Waals surface area contributed by atoms with Gasteiger partial charge in [0.15, 0.2) is 39.2 Å². The fourth-order valence-corrected chi connectivity index (χ4v) is 39.0. The number of benzene rings is 12. The van der Waals surface area contributed by atoms with E-state index in [1.54, 1.807) is 58.7 Å². The third-order valence-corrected chi connectivity index (χ3v) is 46.2. The summed E-state index contributed by atoms with van der Waals surface area (Å²) in [4.78, 5) is 11.4. The van der Waals surface area contributed by atoms with Crippen LogP contribution < -0.4 is 9.47 Å². The molecule has 4 unspecified atom stereocenters. The topological polar surface area (TPSA) is 180 Å². The lowest BCUT2D eigenvalue weighted by Gasteiger charge is -2.22. The van der Waals surface area contributed by atoms with Crippen molar-refractivity contribution in [1.29, 1.82) is 0 Å². The minimum atomic E-state index is -0.153. The Kier molecular flexibility index (Phi) is 40.9. The average molecular weight is 2030 g/mol. The molecule has 18 heteroatoms. The maximum Gasteiger partial charge on any atom is 0.166 e. The smallest absolute Gasteiger partial charge is 0.166 e. The fourth-order valence-electron chi connectivity index (χ4n) is 21.3. The number of ether oxygens (including phenoxy) is 2. The van der Waals surface area contributed by atoms with Crippen molar-refractivity contribution in [2.75, 3.05) is 101 Å². The van der Waals surface area contributed by atoms with Crippen molar-refractivity contribution in [3.8, 4) is 57.5 Å². The molecule has 746 valence electrons. The van der Waals surface area contributed by atoms with E-state index in [0.717, 1.165) is 104 Å². The van der Waals surface area contributed by atoms with Crippen LogP contribution in [0, 0.1) is 65.2 Å². The molecule has 0 amide bonds. The third kappa shape index (κ3) is 28.8. The van der Waals surface area contributed by atoms with Crippen LogP contribution in [0.4, 0.5) is 0 Å². The van der Waals surface area contributed by atoms with Gasteiger partial charge < -0.3 is 50.3 Å². The van der Waals surface area contributed by atoms with Crippen LogP contribution in [0.15, 0.2) is 221 Å². The molecule has 0 radical (unpaired) electrons. The van der Waals surface area contributed by atoms with Crippen molar-refractivity contribution >= 4 is 130 Å². The Morgan fingerprint density at radius 1 is 0.338 bits per heavy atom. The van der Waals surface area contributed by atoms with E-state index in [2.05, 4.69) is 190 Å². The summed E-state index contributed by atoms with van der Waals surface area (Å²) < 4.78 is 12.2. The quantitative estimate of drug-likeness (QED) is 0.0287. The first-order valence-electron chi connectivity index (χ1n) is 51.6. The van der Waals surface area contributed by atoms with E-state index in [4.69, 9.17) is 9.47 Å². The molecule has 6 heterocycles. The van der Waals surface area contributed by atoms with Crippen molar-refractivity contribution in [1.82, 2.24) is 0 Å². The van der Waals surface area contributed by atoms with Gasteiger partial charge in [0.2, 0.25) is 0 Å². The van der Waals surface area contributed by atoms with Gasteiger partial charge in [0.1, 0.15) is 157 Å². The molecule has 2 bridgehead atoms. The fraction of sp³-hybridized carbons (Fsp3) is 0.471. The first-order valence-corrected chi connectivity index (χ1v) is 65.1. The highest BCUT2D eigenvalue weighted by atomic mass is 32.2. The van der Waals surface area contributed by atoms with E-state index < -0.39 is 0 Å². The number of unbranched alkanes of at least 4 members (excludes halogenated alkanes) is 3. The summed E-state index contributed by atoms with van der Waals surface area (Å²) in [5.74, 6) is 25.7. The van der Waals surface area contributed by atoms with Crippen LogP contribution in [0.2, 0.25) is 0 Å². The lowest BCUT2D eigenvalue weighted by Crippen LogP contribution is -2.23. The summed E-state index contributed by atoms with van der Waals surface area (Å²) in [6.45, 7) is 26.0. The van der Waals surface area contributed by atoms with Crippen molar-refractivity contribution in [2.45, 2.75) is 276 Å². The molecular weight excluding hydrogens is 1870 g/mol. The van der Waals surface area contributed by atoms with Gasteiger partial charge in [-0.2, -0.15) is 0 Å². The zero-order chi connectivity index (χ0) is 99.1. The van der Waals surface area contributed by atoms with Gasteiger partial charge in [-0.25, -0.2) is 0 Å². The van der Waals surface area contributed by atoms with Crippen molar-refractivity contribution in [3.05, 3.63) is 226 Å². The zero-order valence-corrected chi connectivity index (χ0v) is 92.8. The third-order valence-electron chi connectivity index (χ3n) is 28.5. The second-order valence-corrected chi connectivity index (χ2v) is 58.1. The number of fused-ring (bicyclic) bond motifs is 9. The van der Waals surface area contributed by atoms with Crippen LogP contribution in [-0.2, 0) is 100 Å². The highest BCUT2D eigenvalue weighted by Gasteiger charge is 2.57. The van der Waals surface area contributed by atoms with E-state index >= 15 is 0 Å². The van der Waals surface area contributed by atoms with Gasteiger partial charge in [0.05, 0.1) is 12.0 Å². The standard InChI is InChI=1S/C23H29OS.C18H23OS.C18H28OS.2C13H18OS.2C12H12O2S.C12H16OS/c1-2-3-12-24-22-10-11-23(19-7-5-4-6-18(19)22)25-14-20-16-8-9-17(13-16)21(20)15-25;1-18(2,3)19-16-10-11-17(20-12-6-7-13-20)15-9-5-4-8-14(15)16;1-3-5-9-15-13-17(20-11-7-8-12-20)14-16(18(15)19)10-6-4-2;1-10-8-12(9-11(2)13(10)14)15-6-4-3-5-7-15;1-10-8-12(14)9-11(2)13(10)15-6-4-3-5-7-15;1-15(2)12-6-5-11(14)9-4-3-8(13)7-10(9)12;1-15(2)11-7-6-9(13)8-4-3-5-10(14)12(8)11;1-9-7-11(8-10(2)12(9)13)14-5-3-4-6-14/h4-7,10-11,16-17,20-21H,2-3,8-9,12-15H2,1H3;4-5,8-11H,6-7,12-13H2,1-3H3;13-14H,3-12H2,1-2H3;2*8-9H,3-7H2,1-2H3;2*3-7H,1-2H3,(H-,13,14);7-8H,3-6H2,1-2H3/q2*+1;;;;;;/p+6. The SMILES string of the molecule is CC(C)(C)Oc1ccc([S+]2CCCC2)c2ccccc12.CCCCOc1ccc([S+]2CC3C4CCC(C4)C3C2)c2ccccc12.CCCCc1cc([S+]2CCCC2)cc(CCCC)c1O.C[S+](C)c1ccc(O)c2ccc(O)cc12.C[S+](C)c1ccc(O)c2cccc(O)c12.Cc1cc(O)cc(C)c1[S+]1CCCCC1.Cc1cc([S+]2CCCC2)cc(C)c1O.Cc1cc([S+]2CCCCC2)cc(C)c1O. The molecule has 4 atom stereocenters.